The average molecular weight is 293 g/mol. The normalized spacial score (nSPS) is 15.8. The highest BCUT2D eigenvalue weighted by atomic mass is 35.5. The molecule has 1 aromatic carbocycles. The zero-order chi connectivity index (χ0) is 13.9. The Labute approximate surface area is 122 Å². The lowest BCUT2D eigenvalue weighted by Gasteiger charge is -2.07. The first kappa shape index (κ1) is 13.4. The molecule has 106 valence electrons. The standard InChI is InChI=1S/C15H17ClN2O2/c16-11-6-7-12-13(9-11)20-15(17-12)18-14(19)8-5-10-3-1-2-4-10/h6-7,9-10H,1-5,8H2,(H,17,18,19). The van der Waals surface area contributed by atoms with Crippen LogP contribution >= 0.6 is 11.6 Å². The van der Waals surface area contributed by atoms with Crippen molar-refractivity contribution in [3.8, 4) is 0 Å². The van der Waals surface area contributed by atoms with Gasteiger partial charge in [0.15, 0.2) is 5.58 Å². The molecule has 5 heteroatoms. The number of carbonyl (C=O) groups excluding carboxylic acids is 1. The fourth-order valence-corrected chi connectivity index (χ4v) is 2.93. The SMILES string of the molecule is O=C(CCC1CCCC1)Nc1nc2ccc(Cl)cc2o1. The van der Waals surface area contributed by atoms with Crippen LogP contribution in [-0.4, -0.2) is 10.9 Å². The van der Waals surface area contributed by atoms with E-state index < -0.39 is 0 Å². The summed E-state index contributed by atoms with van der Waals surface area (Å²) in [6.45, 7) is 0. The minimum atomic E-state index is -0.0328. The summed E-state index contributed by atoms with van der Waals surface area (Å²) in [4.78, 5) is 16.1. The first-order chi connectivity index (χ1) is 9.70. The summed E-state index contributed by atoms with van der Waals surface area (Å²) in [6, 6.07) is 5.46. The summed E-state index contributed by atoms with van der Waals surface area (Å²) in [7, 11) is 0. The maximum atomic E-state index is 11.9. The lowest BCUT2D eigenvalue weighted by molar-refractivity contribution is -0.116. The number of amides is 1. The molecule has 0 aliphatic heterocycles. The summed E-state index contributed by atoms with van der Waals surface area (Å²) in [5, 5.41) is 3.31. The smallest absolute Gasteiger partial charge is 0.302 e. The van der Waals surface area contributed by atoms with Gasteiger partial charge in [-0.2, -0.15) is 4.98 Å². The van der Waals surface area contributed by atoms with Crippen LogP contribution in [-0.2, 0) is 4.79 Å². The van der Waals surface area contributed by atoms with E-state index in [2.05, 4.69) is 10.3 Å². The van der Waals surface area contributed by atoms with Gasteiger partial charge in [0, 0.05) is 17.5 Å². The van der Waals surface area contributed by atoms with Gasteiger partial charge in [-0.05, 0) is 24.5 Å². The Bertz CT molecular complexity index is 617. The predicted molar refractivity (Wildman–Crippen MR) is 78.8 cm³/mol. The predicted octanol–water partition coefficient (Wildman–Crippen LogP) is 4.39. The van der Waals surface area contributed by atoms with Crippen molar-refractivity contribution >= 4 is 34.6 Å². The summed E-state index contributed by atoms with van der Waals surface area (Å²) in [5.41, 5.74) is 1.28. The second-order valence-corrected chi connectivity index (χ2v) is 5.80. The minimum Gasteiger partial charge on any atom is -0.423 e. The van der Waals surface area contributed by atoms with Crippen molar-refractivity contribution in [2.75, 3.05) is 5.32 Å². The van der Waals surface area contributed by atoms with Crippen molar-refractivity contribution < 1.29 is 9.21 Å². The van der Waals surface area contributed by atoms with Gasteiger partial charge in [0.1, 0.15) is 5.52 Å². The van der Waals surface area contributed by atoms with Crippen LogP contribution in [0.3, 0.4) is 0 Å². The number of aromatic nitrogens is 1. The third-order valence-corrected chi connectivity index (χ3v) is 4.09. The number of rotatable bonds is 4. The molecular formula is C15H17ClN2O2. The summed E-state index contributed by atoms with van der Waals surface area (Å²) in [5.74, 6) is 0.678. The van der Waals surface area contributed by atoms with Gasteiger partial charge in [-0.1, -0.05) is 37.3 Å². The van der Waals surface area contributed by atoms with E-state index in [9.17, 15) is 4.79 Å². The molecule has 0 bridgehead atoms. The maximum absolute atomic E-state index is 11.9. The molecular weight excluding hydrogens is 276 g/mol. The Kier molecular flexibility index (Phi) is 3.92. The molecule has 2 aromatic rings. The highest BCUT2D eigenvalue weighted by molar-refractivity contribution is 6.31. The van der Waals surface area contributed by atoms with Gasteiger partial charge in [0.05, 0.1) is 0 Å². The van der Waals surface area contributed by atoms with Gasteiger partial charge >= 0.3 is 6.01 Å². The molecule has 1 aromatic heterocycles. The molecule has 3 rings (SSSR count). The lowest BCUT2D eigenvalue weighted by Crippen LogP contribution is -2.12. The molecule has 0 unspecified atom stereocenters. The van der Waals surface area contributed by atoms with Crippen LogP contribution in [0.1, 0.15) is 38.5 Å². The topological polar surface area (TPSA) is 55.1 Å². The zero-order valence-corrected chi connectivity index (χ0v) is 11.9. The van der Waals surface area contributed by atoms with Gasteiger partial charge in [-0.3, -0.25) is 10.1 Å². The fourth-order valence-electron chi connectivity index (χ4n) is 2.77. The van der Waals surface area contributed by atoms with Crippen LogP contribution in [0.25, 0.3) is 11.1 Å². The van der Waals surface area contributed by atoms with Crippen LogP contribution in [0.4, 0.5) is 6.01 Å². The largest absolute Gasteiger partial charge is 0.423 e. The lowest BCUT2D eigenvalue weighted by atomic mass is 10.0. The highest BCUT2D eigenvalue weighted by Gasteiger charge is 2.17. The number of anilines is 1. The molecule has 1 saturated carbocycles. The van der Waals surface area contributed by atoms with Crippen molar-refractivity contribution in [3.63, 3.8) is 0 Å². The first-order valence-electron chi connectivity index (χ1n) is 7.06. The van der Waals surface area contributed by atoms with Gasteiger partial charge in [0.2, 0.25) is 5.91 Å². The molecule has 1 amide bonds. The number of hydrogen-bond acceptors (Lipinski definition) is 3. The van der Waals surface area contributed by atoms with E-state index in [1.165, 1.54) is 25.7 Å². The number of nitrogens with zero attached hydrogens (tertiary/aromatic N) is 1. The Morgan fingerprint density at radius 3 is 3.00 bits per heavy atom. The number of halogens is 1. The summed E-state index contributed by atoms with van der Waals surface area (Å²) in [6.07, 6.45) is 6.61. The number of fused-ring (bicyclic) bond motifs is 1. The van der Waals surface area contributed by atoms with Crippen molar-refractivity contribution in [1.29, 1.82) is 0 Å². The fraction of sp³-hybridized carbons (Fsp3) is 0.467. The molecule has 0 saturated heterocycles. The highest BCUT2D eigenvalue weighted by Crippen LogP contribution is 2.28. The van der Waals surface area contributed by atoms with E-state index >= 15 is 0 Å². The Balaban J connectivity index is 1.59. The van der Waals surface area contributed by atoms with E-state index in [1.54, 1.807) is 18.2 Å². The molecule has 4 nitrogen and oxygen atoms in total. The number of benzene rings is 1. The third-order valence-electron chi connectivity index (χ3n) is 3.85. The zero-order valence-electron chi connectivity index (χ0n) is 11.2. The van der Waals surface area contributed by atoms with Crippen molar-refractivity contribution in [2.24, 2.45) is 5.92 Å². The Morgan fingerprint density at radius 2 is 2.20 bits per heavy atom. The van der Waals surface area contributed by atoms with Crippen molar-refractivity contribution in [1.82, 2.24) is 4.98 Å². The van der Waals surface area contributed by atoms with Crippen LogP contribution in [0, 0.1) is 5.92 Å². The molecule has 1 N–H and O–H groups in total. The van der Waals surface area contributed by atoms with Gasteiger partial charge in [-0.25, -0.2) is 0 Å². The molecule has 20 heavy (non-hydrogen) atoms. The number of hydrogen-bond donors (Lipinski definition) is 1. The Morgan fingerprint density at radius 1 is 1.40 bits per heavy atom. The number of oxazole rings is 1. The average Bonchev–Trinajstić information content (AvgIpc) is 3.04. The summed E-state index contributed by atoms with van der Waals surface area (Å²) < 4.78 is 5.46. The van der Waals surface area contributed by atoms with Gasteiger partial charge in [-0.15, -0.1) is 0 Å². The van der Waals surface area contributed by atoms with E-state index in [4.69, 9.17) is 16.0 Å². The van der Waals surface area contributed by atoms with Crippen LogP contribution in [0.15, 0.2) is 22.6 Å². The van der Waals surface area contributed by atoms with E-state index in [0.29, 0.717) is 28.5 Å². The van der Waals surface area contributed by atoms with Gasteiger partial charge in [0.25, 0.3) is 0 Å². The second kappa shape index (κ2) is 5.83. The monoisotopic (exact) mass is 292 g/mol. The van der Waals surface area contributed by atoms with Crippen molar-refractivity contribution in [2.45, 2.75) is 38.5 Å². The molecule has 1 fully saturated rings. The third kappa shape index (κ3) is 3.12. The summed E-state index contributed by atoms with van der Waals surface area (Å²) >= 11 is 5.88. The van der Waals surface area contributed by atoms with Crippen LogP contribution in [0.2, 0.25) is 5.02 Å². The van der Waals surface area contributed by atoms with E-state index in [-0.39, 0.29) is 11.9 Å². The molecule has 1 aliphatic rings. The van der Waals surface area contributed by atoms with E-state index in [1.807, 2.05) is 0 Å². The number of nitrogens with one attached hydrogen (secondary N) is 1. The number of carbonyl (C=O) groups is 1. The molecule has 0 atom stereocenters. The van der Waals surface area contributed by atoms with Crippen LogP contribution in [0.5, 0.6) is 0 Å². The molecule has 1 heterocycles. The van der Waals surface area contributed by atoms with E-state index in [0.717, 1.165) is 6.42 Å². The van der Waals surface area contributed by atoms with Gasteiger partial charge < -0.3 is 4.42 Å². The first-order valence-corrected chi connectivity index (χ1v) is 7.44. The minimum absolute atomic E-state index is 0.0328. The molecule has 0 radical (unpaired) electrons. The Hall–Kier alpha value is -1.55. The van der Waals surface area contributed by atoms with Crippen LogP contribution < -0.4 is 5.32 Å². The second-order valence-electron chi connectivity index (χ2n) is 5.37. The quantitative estimate of drug-likeness (QED) is 0.909. The molecule has 0 spiro atoms. The maximum Gasteiger partial charge on any atom is 0.302 e. The molecule has 1 aliphatic carbocycles. The van der Waals surface area contributed by atoms with Crippen molar-refractivity contribution in [3.05, 3.63) is 23.2 Å².